The SMILES string of the molecule is COc1ccccc1Oc1ccc(Nc2c(C#N)cnn3cc(N=C(N)N)c(C)c23)cc1.O=C(O)C(F)(F)F. The molecule has 39 heavy (non-hydrogen) atoms. The van der Waals surface area contributed by atoms with E-state index in [0.717, 1.165) is 11.3 Å². The minimum absolute atomic E-state index is 0.0512. The summed E-state index contributed by atoms with van der Waals surface area (Å²) in [5, 5.41) is 24.3. The van der Waals surface area contributed by atoms with E-state index >= 15 is 0 Å². The van der Waals surface area contributed by atoms with Gasteiger partial charge in [0.15, 0.2) is 17.5 Å². The molecule has 6 N–H and O–H groups in total. The number of carbonyl (C=O) groups is 1. The minimum atomic E-state index is -5.08. The quantitative estimate of drug-likeness (QED) is 0.201. The summed E-state index contributed by atoms with van der Waals surface area (Å²) in [7, 11) is 1.60. The number of benzene rings is 2. The van der Waals surface area contributed by atoms with Crippen LogP contribution in [-0.4, -0.2) is 39.9 Å². The number of hydrogen-bond donors (Lipinski definition) is 4. The van der Waals surface area contributed by atoms with Crippen LogP contribution in [0, 0.1) is 18.3 Å². The molecule has 11 nitrogen and oxygen atoms in total. The average Bonchev–Trinajstić information content (AvgIpc) is 3.20. The van der Waals surface area contributed by atoms with Gasteiger partial charge in [0, 0.05) is 11.3 Å². The summed E-state index contributed by atoms with van der Waals surface area (Å²) in [6, 6.07) is 17.0. The molecule has 2 aromatic heterocycles. The van der Waals surface area contributed by atoms with Crippen molar-refractivity contribution in [3.8, 4) is 23.3 Å². The zero-order valence-corrected chi connectivity index (χ0v) is 20.5. The first-order valence-electron chi connectivity index (χ1n) is 10.9. The fraction of sp³-hybridized carbons (Fsp3) is 0.120. The van der Waals surface area contributed by atoms with Gasteiger partial charge in [0.2, 0.25) is 0 Å². The van der Waals surface area contributed by atoms with Crippen molar-refractivity contribution in [1.82, 2.24) is 9.61 Å². The van der Waals surface area contributed by atoms with Crippen LogP contribution in [-0.2, 0) is 4.79 Å². The average molecular weight is 541 g/mol. The third kappa shape index (κ3) is 6.86. The van der Waals surface area contributed by atoms with Crippen LogP contribution < -0.4 is 26.3 Å². The number of nitriles is 1. The number of fused-ring (bicyclic) bond motifs is 1. The highest BCUT2D eigenvalue weighted by molar-refractivity contribution is 5.89. The molecule has 0 fully saturated rings. The summed E-state index contributed by atoms with van der Waals surface area (Å²) in [5.41, 5.74) is 14.9. The Hall–Kier alpha value is -5.45. The molecule has 0 unspecified atom stereocenters. The third-order valence-corrected chi connectivity index (χ3v) is 5.06. The molecule has 14 heteroatoms. The molecule has 4 rings (SSSR count). The van der Waals surface area contributed by atoms with Crippen molar-refractivity contribution in [3.63, 3.8) is 0 Å². The van der Waals surface area contributed by atoms with Crippen LogP contribution in [0.25, 0.3) is 5.52 Å². The van der Waals surface area contributed by atoms with E-state index in [0.29, 0.717) is 39.7 Å². The number of rotatable bonds is 6. The van der Waals surface area contributed by atoms with E-state index in [9.17, 15) is 18.4 Å². The number of carboxylic acid groups (broad SMARTS) is 1. The van der Waals surface area contributed by atoms with Crippen molar-refractivity contribution in [2.75, 3.05) is 12.4 Å². The molecule has 202 valence electrons. The summed E-state index contributed by atoms with van der Waals surface area (Å²) in [5.74, 6) is -0.895. The van der Waals surface area contributed by atoms with Crippen molar-refractivity contribution in [3.05, 3.63) is 72.1 Å². The molecule has 4 aromatic rings. The lowest BCUT2D eigenvalue weighted by Crippen LogP contribution is -2.21. The Morgan fingerprint density at radius 3 is 2.31 bits per heavy atom. The second-order valence-electron chi connectivity index (χ2n) is 7.72. The number of nitrogens with two attached hydrogens (primary N) is 2. The highest BCUT2D eigenvalue weighted by Gasteiger charge is 2.38. The lowest BCUT2D eigenvalue weighted by Gasteiger charge is -2.13. The number of para-hydroxylation sites is 2. The Kier molecular flexibility index (Phi) is 8.46. The second-order valence-corrected chi connectivity index (χ2v) is 7.72. The standard InChI is InChI=1S/C23H21N7O2.C2HF3O2/c1-14-18(29-23(25)26)13-30-22(14)21(15(11-24)12-27-30)28-16-7-9-17(10-8-16)32-20-6-4-3-5-19(20)31-2;3-2(4,5)1(6)7/h3-10,12-13,28H,1-2H3,(H4,25,26,29);(H,6,7). The van der Waals surface area contributed by atoms with Gasteiger partial charge in [-0.05, 0) is 43.3 Å². The van der Waals surface area contributed by atoms with Gasteiger partial charge in [-0.15, -0.1) is 0 Å². The molecule has 0 spiro atoms. The fourth-order valence-corrected chi connectivity index (χ4v) is 3.32. The lowest BCUT2D eigenvalue weighted by atomic mass is 10.1. The first kappa shape index (κ1) is 28.1. The van der Waals surface area contributed by atoms with Crippen LogP contribution in [0.5, 0.6) is 17.2 Å². The predicted octanol–water partition coefficient (Wildman–Crippen LogP) is 4.60. The summed E-state index contributed by atoms with van der Waals surface area (Å²) in [6.45, 7) is 1.87. The van der Waals surface area contributed by atoms with Gasteiger partial charge in [0.25, 0.3) is 0 Å². The molecular formula is C25H22F3N7O4. The topological polar surface area (TPSA) is 173 Å². The van der Waals surface area contributed by atoms with E-state index in [1.807, 2.05) is 55.5 Å². The lowest BCUT2D eigenvalue weighted by molar-refractivity contribution is -0.192. The maximum absolute atomic E-state index is 10.6. The molecule has 0 amide bonds. The van der Waals surface area contributed by atoms with Crippen LogP contribution in [0.2, 0.25) is 0 Å². The van der Waals surface area contributed by atoms with E-state index in [2.05, 4.69) is 21.5 Å². The van der Waals surface area contributed by atoms with Crippen LogP contribution in [0.15, 0.2) is 65.9 Å². The molecule has 0 radical (unpaired) electrons. The molecule has 2 aromatic carbocycles. The zero-order chi connectivity index (χ0) is 28.7. The van der Waals surface area contributed by atoms with Crippen LogP contribution in [0.1, 0.15) is 11.1 Å². The number of nitrogens with one attached hydrogen (secondary N) is 1. The Bertz CT molecular complexity index is 1560. The first-order chi connectivity index (χ1) is 18.4. The highest BCUT2D eigenvalue weighted by atomic mass is 19.4. The highest BCUT2D eigenvalue weighted by Crippen LogP contribution is 2.35. The zero-order valence-electron chi connectivity index (χ0n) is 20.5. The third-order valence-electron chi connectivity index (χ3n) is 5.06. The number of anilines is 2. The number of ether oxygens (including phenoxy) is 2. The summed E-state index contributed by atoms with van der Waals surface area (Å²) >= 11 is 0. The molecule has 0 saturated heterocycles. The summed E-state index contributed by atoms with van der Waals surface area (Å²) < 4.78 is 44.6. The Balaban J connectivity index is 0.000000532. The Morgan fingerprint density at radius 1 is 1.15 bits per heavy atom. The number of carboxylic acids is 1. The predicted molar refractivity (Wildman–Crippen MR) is 137 cm³/mol. The number of alkyl halides is 3. The van der Waals surface area contributed by atoms with Gasteiger partial charge >= 0.3 is 12.1 Å². The number of halogens is 3. The van der Waals surface area contributed by atoms with Gasteiger partial charge in [0.05, 0.1) is 42.0 Å². The fourth-order valence-electron chi connectivity index (χ4n) is 3.32. The number of hydrogen-bond acceptors (Lipinski definition) is 7. The van der Waals surface area contributed by atoms with Crippen molar-refractivity contribution < 1.29 is 32.5 Å². The maximum atomic E-state index is 10.6. The van der Waals surface area contributed by atoms with E-state index < -0.39 is 12.1 Å². The summed E-state index contributed by atoms with van der Waals surface area (Å²) in [6.07, 6.45) is -1.88. The molecule has 0 aliphatic heterocycles. The minimum Gasteiger partial charge on any atom is -0.493 e. The van der Waals surface area contributed by atoms with Crippen molar-refractivity contribution in [2.24, 2.45) is 16.5 Å². The van der Waals surface area contributed by atoms with Gasteiger partial charge in [-0.25, -0.2) is 14.3 Å². The summed E-state index contributed by atoms with van der Waals surface area (Å²) in [4.78, 5) is 13.0. The molecule has 0 saturated carbocycles. The number of guanidine groups is 1. The molecule has 0 aliphatic carbocycles. The molecule has 0 aliphatic rings. The largest absolute Gasteiger partial charge is 0.493 e. The van der Waals surface area contributed by atoms with Crippen molar-refractivity contribution in [1.29, 1.82) is 5.26 Å². The molecule has 0 atom stereocenters. The van der Waals surface area contributed by atoms with Gasteiger partial charge in [-0.3, -0.25) is 0 Å². The van der Waals surface area contributed by atoms with Gasteiger partial charge < -0.3 is 31.4 Å². The normalized spacial score (nSPS) is 10.6. The van der Waals surface area contributed by atoms with E-state index in [1.54, 1.807) is 17.8 Å². The van der Waals surface area contributed by atoms with E-state index in [1.165, 1.54) is 6.20 Å². The van der Waals surface area contributed by atoms with Crippen molar-refractivity contribution >= 4 is 34.5 Å². The number of nitrogens with zero attached hydrogens (tertiary/aromatic N) is 4. The maximum Gasteiger partial charge on any atom is 0.490 e. The smallest absolute Gasteiger partial charge is 0.490 e. The number of aliphatic carboxylic acids is 1. The van der Waals surface area contributed by atoms with E-state index in [-0.39, 0.29) is 5.96 Å². The van der Waals surface area contributed by atoms with Crippen molar-refractivity contribution in [2.45, 2.75) is 13.1 Å². The van der Waals surface area contributed by atoms with Gasteiger partial charge in [-0.2, -0.15) is 23.5 Å². The number of methoxy groups -OCH3 is 1. The molecule has 0 bridgehead atoms. The Labute approximate surface area is 219 Å². The van der Waals surface area contributed by atoms with Crippen LogP contribution >= 0.6 is 0 Å². The van der Waals surface area contributed by atoms with E-state index in [4.69, 9.17) is 30.8 Å². The Morgan fingerprint density at radius 2 is 1.77 bits per heavy atom. The first-order valence-corrected chi connectivity index (χ1v) is 10.9. The number of aromatic nitrogens is 2. The van der Waals surface area contributed by atoms with Gasteiger partial charge in [-0.1, -0.05) is 12.1 Å². The van der Waals surface area contributed by atoms with Crippen LogP contribution in [0.4, 0.5) is 30.2 Å². The monoisotopic (exact) mass is 541 g/mol. The molecule has 2 heterocycles. The molecular weight excluding hydrogens is 519 g/mol. The van der Waals surface area contributed by atoms with Crippen LogP contribution in [0.3, 0.4) is 0 Å². The van der Waals surface area contributed by atoms with Gasteiger partial charge in [0.1, 0.15) is 11.8 Å². The number of aliphatic imine (C=N–C) groups is 1. The number of aryl methyl sites for hydroxylation is 1. The second kappa shape index (κ2) is 11.7.